The van der Waals surface area contributed by atoms with E-state index in [0.29, 0.717) is 37.1 Å². The first kappa shape index (κ1) is 25.5. The van der Waals surface area contributed by atoms with Crippen LogP contribution in [0.3, 0.4) is 0 Å². The number of para-hydroxylation sites is 1. The minimum Gasteiger partial charge on any atom is -0.492 e. The van der Waals surface area contributed by atoms with Gasteiger partial charge in [-0.05, 0) is 31.2 Å². The van der Waals surface area contributed by atoms with Gasteiger partial charge in [-0.2, -0.15) is 0 Å². The van der Waals surface area contributed by atoms with Gasteiger partial charge in [0.15, 0.2) is 17.5 Å². The summed E-state index contributed by atoms with van der Waals surface area (Å²) in [7, 11) is 1.66. The number of halogens is 2. The summed E-state index contributed by atoms with van der Waals surface area (Å²) in [6.07, 6.45) is -0.252. The molecule has 0 spiro atoms. The lowest BCUT2D eigenvalue weighted by atomic mass is 10.3. The molecule has 0 aliphatic heterocycles. The Kier molecular flexibility index (Phi) is 11.6. The summed E-state index contributed by atoms with van der Waals surface area (Å²) < 4.78 is 24.9. The highest BCUT2D eigenvalue weighted by molar-refractivity contribution is 14.0. The maximum atomic E-state index is 13.6. The molecule has 1 amide bonds. The van der Waals surface area contributed by atoms with Crippen LogP contribution in [0.25, 0.3) is 0 Å². The van der Waals surface area contributed by atoms with Crippen LogP contribution in [0.2, 0.25) is 0 Å². The molecule has 2 aromatic rings. The molecule has 0 bridgehead atoms. The Morgan fingerprint density at radius 1 is 1.17 bits per heavy atom. The molecule has 0 saturated heterocycles. The Balaban J connectivity index is 0.00000450. The van der Waals surface area contributed by atoms with Crippen LogP contribution in [0.4, 0.5) is 10.1 Å². The molecule has 30 heavy (non-hydrogen) atoms. The average molecular weight is 530 g/mol. The smallest absolute Gasteiger partial charge is 0.221 e. The number of hydrogen-bond acceptors (Lipinski definition) is 4. The zero-order valence-electron chi connectivity index (χ0n) is 17.3. The number of carbonyl (C=O) groups is 1. The second kappa shape index (κ2) is 13.6. The van der Waals surface area contributed by atoms with Gasteiger partial charge < -0.3 is 25.4 Å². The molecule has 2 aromatic carbocycles. The molecule has 9 heteroatoms. The van der Waals surface area contributed by atoms with E-state index in [1.165, 1.54) is 13.0 Å². The molecule has 0 saturated carbocycles. The lowest BCUT2D eigenvalue weighted by Gasteiger charge is -2.18. The highest BCUT2D eigenvalue weighted by Gasteiger charge is 2.09. The van der Waals surface area contributed by atoms with E-state index in [9.17, 15) is 9.18 Å². The monoisotopic (exact) mass is 530 g/mol. The molecule has 3 N–H and O–H groups in total. The van der Waals surface area contributed by atoms with Gasteiger partial charge in [0.05, 0.1) is 13.1 Å². The van der Waals surface area contributed by atoms with Gasteiger partial charge in [0.2, 0.25) is 5.91 Å². The van der Waals surface area contributed by atoms with Crippen molar-refractivity contribution in [1.29, 1.82) is 0 Å². The van der Waals surface area contributed by atoms with E-state index in [1.807, 2.05) is 19.1 Å². The highest BCUT2D eigenvalue weighted by Crippen LogP contribution is 2.17. The van der Waals surface area contributed by atoms with Crippen molar-refractivity contribution in [3.8, 4) is 11.5 Å². The lowest BCUT2D eigenvalue weighted by Crippen LogP contribution is -2.43. The fourth-order valence-corrected chi connectivity index (χ4v) is 2.46. The van der Waals surface area contributed by atoms with E-state index >= 15 is 0 Å². The first-order valence-electron chi connectivity index (χ1n) is 9.34. The number of anilines is 1. The molecular weight excluding hydrogens is 502 g/mol. The second-order valence-electron chi connectivity index (χ2n) is 6.30. The van der Waals surface area contributed by atoms with E-state index in [0.717, 1.165) is 0 Å². The molecule has 164 valence electrons. The van der Waals surface area contributed by atoms with E-state index in [1.54, 1.807) is 37.4 Å². The number of benzene rings is 2. The summed E-state index contributed by atoms with van der Waals surface area (Å²) in [6, 6.07) is 13.5. The fraction of sp³-hybridized carbons (Fsp3) is 0.333. The molecule has 0 heterocycles. The van der Waals surface area contributed by atoms with E-state index in [4.69, 9.17) is 9.47 Å². The number of amides is 1. The molecule has 2 rings (SSSR count). The van der Waals surface area contributed by atoms with Gasteiger partial charge in [0.1, 0.15) is 18.5 Å². The third-order valence-electron chi connectivity index (χ3n) is 3.76. The van der Waals surface area contributed by atoms with Crippen molar-refractivity contribution in [2.75, 3.05) is 32.1 Å². The molecule has 0 aliphatic rings. The summed E-state index contributed by atoms with van der Waals surface area (Å²) in [4.78, 5) is 15.2. The first-order chi connectivity index (χ1) is 14.0. The number of guanidine groups is 1. The normalized spacial score (nSPS) is 11.7. The van der Waals surface area contributed by atoms with Crippen molar-refractivity contribution in [2.24, 2.45) is 4.99 Å². The molecular formula is C21H28FIN4O3. The third kappa shape index (κ3) is 9.29. The van der Waals surface area contributed by atoms with Crippen LogP contribution in [-0.4, -0.2) is 44.7 Å². The van der Waals surface area contributed by atoms with Crippen molar-refractivity contribution in [3.05, 3.63) is 54.3 Å². The van der Waals surface area contributed by atoms with Gasteiger partial charge in [-0.3, -0.25) is 9.79 Å². The SMILES string of the molecule is CN=C(NCCOc1cccc(NC(C)=O)c1)NCC(C)Oc1ccccc1F.I. The number of nitrogens with zero attached hydrogens (tertiary/aromatic N) is 1. The van der Waals surface area contributed by atoms with Crippen LogP contribution in [0.15, 0.2) is 53.5 Å². The van der Waals surface area contributed by atoms with Crippen molar-refractivity contribution >= 4 is 41.5 Å². The molecule has 0 radical (unpaired) electrons. The number of carbonyl (C=O) groups excluding carboxylic acids is 1. The van der Waals surface area contributed by atoms with Crippen LogP contribution in [0, 0.1) is 5.82 Å². The minimum atomic E-state index is -0.387. The molecule has 7 nitrogen and oxygen atoms in total. The van der Waals surface area contributed by atoms with Crippen molar-refractivity contribution in [3.63, 3.8) is 0 Å². The average Bonchev–Trinajstić information content (AvgIpc) is 2.69. The third-order valence-corrected chi connectivity index (χ3v) is 3.76. The largest absolute Gasteiger partial charge is 0.492 e. The van der Waals surface area contributed by atoms with Crippen molar-refractivity contribution in [1.82, 2.24) is 10.6 Å². The van der Waals surface area contributed by atoms with Crippen LogP contribution >= 0.6 is 24.0 Å². The molecule has 1 atom stereocenters. The summed E-state index contributed by atoms with van der Waals surface area (Å²) >= 11 is 0. The number of nitrogens with one attached hydrogen (secondary N) is 3. The topological polar surface area (TPSA) is 84.0 Å². The summed E-state index contributed by atoms with van der Waals surface area (Å²) in [5.41, 5.74) is 0.685. The lowest BCUT2D eigenvalue weighted by molar-refractivity contribution is -0.114. The molecule has 0 aromatic heterocycles. The van der Waals surface area contributed by atoms with Gasteiger partial charge in [0, 0.05) is 25.7 Å². The van der Waals surface area contributed by atoms with Gasteiger partial charge in [-0.25, -0.2) is 4.39 Å². The summed E-state index contributed by atoms with van der Waals surface area (Å²) in [6.45, 7) is 4.68. The minimum absolute atomic E-state index is 0. The highest BCUT2D eigenvalue weighted by atomic mass is 127. The van der Waals surface area contributed by atoms with Crippen LogP contribution in [0.1, 0.15) is 13.8 Å². The maximum absolute atomic E-state index is 13.6. The Bertz CT molecular complexity index is 835. The Morgan fingerprint density at radius 2 is 1.93 bits per heavy atom. The maximum Gasteiger partial charge on any atom is 0.221 e. The Labute approximate surface area is 193 Å². The molecule has 1 unspecified atom stereocenters. The zero-order chi connectivity index (χ0) is 21.1. The number of rotatable bonds is 9. The number of hydrogen-bond donors (Lipinski definition) is 3. The number of ether oxygens (including phenoxy) is 2. The van der Waals surface area contributed by atoms with E-state index in [2.05, 4.69) is 20.9 Å². The van der Waals surface area contributed by atoms with Crippen LogP contribution < -0.4 is 25.4 Å². The second-order valence-corrected chi connectivity index (χ2v) is 6.30. The fourth-order valence-electron chi connectivity index (χ4n) is 2.46. The molecule has 0 aliphatic carbocycles. The quantitative estimate of drug-likeness (QED) is 0.200. The van der Waals surface area contributed by atoms with Crippen LogP contribution in [0.5, 0.6) is 11.5 Å². The predicted molar refractivity (Wildman–Crippen MR) is 128 cm³/mol. The van der Waals surface area contributed by atoms with Crippen LogP contribution in [-0.2, 0) is 4.79 Å². The standard InChI is InChI=1S/C21H27FN4O3.HI/c1-15(29-20-10-5-4-9-19(20)22)14-25-21(23-3)24-11-12-28-18-8-6-7-17(13-18)26-16(2)27;/h4-10,13,15H,11-12,14H2,1-3H3,(H,26,27)(H2,23,24,25);1H. The summed E-state index contributed by atoms with van der Waals surface area (Å²) in [5.74, 6) is 0.950. The van der Waals surface area contributed by atoms with Gasteiger partial charge in [-0.15, -0.1) is 24.0 Å². The Morgan fingerprint density at radius 3 is 2.63 bits per heavy atom. The first-order valence-corrected chi connectivity index (χ1v) is 9.34. The van der Waals surface area contributed by atoms with Crippen molar-refractivity contribution < 1.29 is 18.7 Å². The Hall–Kier alpha value is -2.56. The van der Waals surface area contributed by atoms with E-state index < -0.39 is 0 Å². The zero-order valence-corrected chi connectivity index (χ0v) is 19.6. The number of aliphatic imine (C=N–C) groups is 1. The predicted octanol–water partition coefficient (Wildman–Crippen LogP) is 3.41. The van der Waals surface area contributed by atoms with Crippen molar-refractivity contribution in [2.45, 2.75) is 20.0 Å². The van der Waals surface area contributed by atoms with Gasteiger partial charge >= 0.3 is 0 Å². The molecule has 0 fully saturated rings. The summed E-state index contributed by atoms with van der Waals surface area (Å²) in [5, 5.41) is 8.97. The van der Waals surface area contributed by atoms with Gasteiger partial charge in [0.25, 0.3) is 0 Å². The van der Waals surface area contributed by atoms with E-state index in [-0.39, 0.29) is 47.6 Å². The van der Waals surface area contributed by atoms with Gasteiger partial charge in [-0.1, -0.05) is 18.2 Å².